The summed E-state index contributed by atoms with van der Waals surface area (Å²) in [7, 11) is 0. The quantitative estimate of drug-likeness (QED) is 0.751. The second kappa shape index (κ2) is 4.12. The highest BCUT2D eigenvalue weighted by Gasteiger charge is 2.08. The molecule has 0 saturated carbocycles. The standard InChI is InChI=1S/C14H18N2/c1-10-7-11(2)13(4)14(12(10)3)8-16-6-5-15-9-16/h5-7,9H,8H2,1-4H3. The summed E-state index contributed by atoms with van der Waals surface area (Å²) >= 11 is 0. The number of hydrogen-bond donors (Lipinski definition) is 0. The van der Waals surface area contributed by atoms with Crippen molar-refractivity contribution in [1.82, 2.24) is 9.55 Å². The minimum absolute atomic E-state index is 0.917. The maximum Gasteiger partial charge on any atom is 0.0949 e. The molecule has 0 spiro atoms. The van der Waals surface area contributed by atoms with Crippen LogP contribution in [0, 0.1) is 27.7 Å². The van der Waals surface area contributed by atoms with Crippen LogP contribution in [-0.4, -0.2) is 9.55 Å². The third-order valence-electron chi connectivity index (χ3n) is 3.42. The predicted octanol–water partition coefficient (Wildman–Crippen LogP) is 3.17. The highest BCUT2D eigenvalue weighted by Crippen LogP contribution is 2.22. The Morgan fingerprint density at radius 3 is 2.19 bits per heavy atom. The van der Waals surface area contributed by atoms with Gasteiger partial charge in [0.15, 0.2) is 0 Å². The molecule has 2 nitrogen and oxygen atoms in total. The lowest BCUT2D eigenvalue weighted by atomic mass is 9.94. The van der Waals surface area contributed by atoms with Crippen molar-refractivity contribution < 1.29 is 0 Å². The Hall–Kier alpha value is -1.57. The van der Waals surface area contributed by atoms with Crippen LogP contribution in [0.25, 0.3) is 0 Å². The zero-order valence-electron chi connectivity index (χ0n) is 10.4. The number of imidazole rings is 1. The highest BCUT2D eigenvalue weighted by molar-refractivity contribution is 5.44. The van der Waals surface area contributed by atoms with Crippen LogP contribution in [-0.2, 0) is 6.54 Å². The van der Waals surface area contributed by atoms with Crippen LogP contribution in [0.5, 0.6) is 0 Å². The van der Waals surface area contributed by atoms with Gasteiger partial charge in [-0.1, -0.05) is 6.07 Å². The van der Waals surface area contributed by atoms with Crippen molar-refractivity contribution >= 4 is 0 Å². The van der Waals surface area contributed by atoms with Gasteiger partial charge in [-0.05, 0) is 55.5 Å². The second-order valence-electron chi connectivity index (χ2n) is 4.47. The molecule has 1 aromatic carbocycles. The van der Waals surface area contributed by atoms with Crippen LogP contribution in [0.4, 0.5) is 0 Å². The van der Waals surface area contributed by atoms with Crippen LogP contribution >= 0.6 is 0 Å². The Balaban J connectivity index is 2.47. The third-order valence-corrected chi connectivity index (χ3v) is 3.42. The van der Waals surface area contributed by atoms with Gasteiger partial charge in [-0.3, -0.25) is 0 Å². The van der Waals surface area contributed by atoms with E-state index in [9.17, 15) is 0 Å². The average Bonchev–Trinajstić information content (AvgIpc) is 2.74. The molecule has 0 aliphatic carbocycles. The molecule has 1 heterocycles. The highest BCUT2D eigenvalue weighted by atomic mass is 15.0. The Morgan fingerprint density at radius 1 is 1.06 bits per heavy atom. The third kappa shape index (κ3) is 1.87. The van der Waals surface area contributed by atoms with E-state index in [1.807, 2.05) is 18.7 Å². The Labute approximate surface area is 97.0 Å². The fourth-order valence-electron chi connectivity index (χ4n) is 2.10. The summed E-state index contributed by atoms with van der Waals surface area (Å²) in [6.07, 6.45) is 5.71. The van der Waals surface area contributed by atoms with Crippen molar-refractivity contribution in [2.75, 3.05) is 0 Å². The van der Waals surface area contributed by atoms with Crippen molar-refractivity contribution in [3.8, 4) is 0 Å². The van der Waals surface area contributed by atoms with Gasteiger partial charge in [0.1, 0.15) is 0 Å². The van der Waals surface area contributed by atoms with Crippen LogP contribution in [0.2, 0.25) is 0 Å². The topological polar surface area (TPSA) is 17.8 Å². The Kier molecular flexibility index (Phi) is 2.82. The smallest absolute Gasteiger partial charge is 0.0949 e. The fraction of sp³-hybridized carbons (Fsp3) is 0.357. The molecule has 0 bridgehead atoms. The first-order chi connectivity index (χ1) is 7.59. The van der Waals surface area contributed by atoms with E-state index >= 15 is 0 Å². The first-order valence-electron chi connectivity index (χ1n) is 5.61. The molecule has 84 valence electrons. The largest absolute Gasteiger partial charge is 0.333 e. The van der Waals surface area contributed by atoms with Gasteiger partial charge in [-0.15, -0.1) is 0 Å². The lowest BCUT2D eigenvalue weighted by molar-refractivity contribution is 0.784. The first-order valence-corrected chi connectivity index (χ1v) is 5.61. The summed E-state index contributed by atoms with van der Waals surface area (Å²) in [4.78, 5) is 4.09. The average molecular weight is 214 g/mol. The number of rotatable bonds is 2. The number of hydrogen-bond acceptors (Lipinski definition) is 1. The van der Waals surface area contributed by atoms with Crippen molar-refractivity contribution in [3.05, 3.63) is 52.6 Å². The van der Waals surface area contributed by atoms with E-state index in [-0.39, 0.29) is 0 Å². The lowest BCUT2D eigenvalue weighted by Gasteiger charge is -2.15. The van der Waals surface area contributed by atoms with E-state index in [4.69, 9.17) is 0 Å². The van der Waals surface area contributed by atoms with E-state index in [0.29, 0.717) is 0 Å². The molecule has 0 saturated heterocycles. The van der Waals surface area contributed by atoms with Gasteiger partial charge in [0.25, 0.3) is 0 Å². The summed E-state index contributed by atoms with van der Waals surface area (Å²) in [5.74, 6) is 0. The van der Waals surface area contributed by atoms with Gasteiger partial charge in [0, 0.05) is 18.9 Å². The molecule has 0 amide bonds. The second-order valence-corrected chi connectivity index (χ2v) is 4.47. The monoisotopic (exact) mass is 214 g/mol. The molecule has 0 aliphatic heterocycles. The van der Waals surface area contributed by atoms with Gasteiger partial charge in [0.2, 0.25) is 0 Å². The molecule has 0 radical (unpaired) electrons. The molecule has 16 heavy (non-hydrogen) atoms. The number of aromatic nitrogens is 2. The normalized spacial score (nSPS) is 10.8. The lowest BCUT2D eigenvalue weighted by Crippen LogP contribution is -2.04. The van der Waals surface area contributed by atoms with Crippen molar-refractivity contribution in [2.24, 2.45) is 0 Å². The van der Waals surface area contributed by atoms with Crippen LogP contribution in [0.1, 0.15) is 27.8 Å². The molecule has 0 fully saturated rings. The van der Waals surface area contributed by atoms with E-state index in [0.717, 1.165) is 6.54 Å². The fourth-order valence-corrected chi connectivity index (χ4v) is 2.10. The van der Waals surface area contributed by atoms with Crippen LogP contribution < -0.4 is 0 Å². The number of nitrogens with zero attached hydrogens (tertiary/aromatic N) is 2. The summed E-state index contributed by atoms with van der Waals surface area (Å²) in [5, 5.41) is 0. The van der Waals surface area contributed by atoms with E-state index in [2.05, 4.69) is 43.3 Å². The number of benzene rings is 1. The van der Waals surface area contributed by atoms with E-state index in [1.165, 1.54) is 27.8 Å². The van der Waals surface area contributed by atoms with Crippen LogP contribution in [0.15, 0.2) is 24.8 Å². The van der Waals surface area contributed by atoms with Gasteiger partial charge >= 0.3 is 0 Å². The van der Waals surface area contributed by atoms with E-state index < -0.39 is 0 Å². The molecule has 0 atom stereocenters. The van der Waals surface area contributed by atoms with Crippen molar-refractivity contribution in [1.29, 1.82) is 0 Å². The number of aryl methyl sites for hydroxylation is 2. The molecular weight excluding hydrogens is 196 g/mol. The maximum atomic E-state index is 4.09. The zero-order chi connectivity index (χ0) is 11.7. The molecule has 0 N–H and O–H groups in total. The van der Waals surface area contributed by atoms with Gasteiger partial charge < -0.3 is 4.57 Å². The summed E-state index contributed by atoms with van der Waals surface area (Å²) in [6, 6.07) is 2.27. The minimum atomic E-state index is 0.917. The molecular formula is C14H18N2. The maximum absolute atomic E-state index is 4.09. The predicted molar refractivity (Wildman–Crippen MR) is 66.7 cm³/mol. The minimum Gasteiger partial charge on any atom is -0.333 e. The summed E-state index contributed by atoms with van der Waals surface area (Å²) in [5.41, 5.74) is 6.97. The molecule has 1 aromatic heterocycles. The van der Waals surface area contributed by atoms with Gasteiger partial charge in [-0.2, -0.15) is 0 Å². The van der Waals surface area contributed by atoms with Gasteiger partial charge in [0.05, 0.1) is 6.33 Å². The van der Waals surface area contributed by atoms with E-state index in [1.54, 1.807) is 0 Å². The van der Waals surface area contributed by atoms with Crippen molar-refractivity contribution in [3.63, 3.8) is 0 Å². The molecule has 0 unspecified atom stereocenters. The zero-order valence-corrected chi connectivity index (χ0v) is 10.4. The SMILES string of the molecule is Cc1cc(C)c(C)c(Cn2ccnc2)c1C. The van der Waals surface area contributed by atoms with Crippen LogP contribution in [0.3, 0.4) is 0 Å². The summed E-state index contributed by atoms with van der Waals surface area (Å²) in [6.45, 7) is 9.68. The molecule has 2 aromatic rings. The Morgan fingerprint density at radius 2 is 1.69 bits per heavy atom. The molecule has 0 aliphatic rings. The first kappa shape index (κ1) is 10.9. The molecule has 2 rings (SSSR count). The van der Waals surface area contributed by atoms with Gasteiger partial charge in [-0.25, -0.2) is 4.98 Å². The molecule has 2 heteroatoms. The Bertz CT molecular complexity index is 470. The summed E-state index contributed by atoms with van der Waals surface area (Å²) < 4.78 is 2.12. The van der Waals surface area contributed by atoms with Crippen molar-refractivity contribution in [2.45, 2.75) is 34.2 Å².